The highest BCUT2D eigenvalue weighted by molar-refractivity contribution is 5.81. The van der Waals surface area contributed by atoms with Crippen molar-refractivity contribution in [1.29, 1.82) is 0 Å². The average Bonchev–Trinajstić information content (AvgIpc) is 3.24. The van der Waals surface area contributed by atoms with Crippen LogP contribution in [0.5, 0.6) is 0 Å². The first-order chi connectivity index (χ1) is 8.34. The van der Waals surface area contributed by atoms with Crippen LogP contribution in [0.25, 0.3) is 0 Å². The van der Waals surface area contributed by atoms with Crippen molar-refractivity contribution >= 4 is 5.91 Å². The highest BCUT2D eigenvalue weighted by atomic mass is 16.5. The minimum Gasteiger partial charge on any atom is -0.366 e. The quantitative estimate of drug-likeness (QED) is 0.734. The predicted octanol–water partition coefficient (Wildman–Crippen LogP) is 0.527. The minimum absolute atomic E-state index is 0.0727. The van der Waals surface area contributed by atoms with Crippen molar-refractivity contribution < 1.29 is 9.53 Å². The molecule has 3 aliphatic rings. The normalized spacial score (nSPS) is 29.4. The van der Waals surface area contributed by atoms with Crippen LogP contribution in [0.1, 0.15) is 25.7 Å². The standard InChI is InChI=1S/C13H22N2O2/c16-13(12-8-14-5-6-17-12)15-7-11(9-1-2-9)10-3-4-10/h9-12,14H,1-8H2,(H,15,16). The number of rotatable bonds is 5. The smallest absolute Gasteiger partial charge is 0.250 e. The topological polar surface area (TPSA) is 50.4 Å². The number of hydrogen-bond donors (Lipinski definition) is 2. The van der Waals surface area contributed by atoms with Gasteiger partial charge in [0.2, 0.25) is 5.91 Å². The molecule has 2 N–H and O–H groups in total. The summed E-state index contributed by atoms with van der Waals surface area (Å²) in [5.41, 5.74) is 0. The Kier molecular flexibility index (Phi) is 3.34. The number of ether oxygens (including phenoxy) is 1. The summed E-state index contributed by atoms with van der Waals surface area (Å²) in [5, 5.41) is 6.28. The van der Waals surface area contributed by atoms with Crippen LogP contribution >= 0.6 is 0 Å². The largest absolute Gasteiger partial charge is 0.366 e. The fourth-order valence-electron chi connectivity index (χ4n) is 2.83. The first-order valence-corrected chi connectivity index (χ1v) is 6.94. The molecule has 17 heavy (non-hydrogen) atoms. The van der Waals surface area contributed by atoms with Crippen molar-refractivity contribution in [3.05, 3.63) is 0 Å². The Balaban J connectivity index is 1.44. The lowest BCUT2D eigenvalue weighted by Gasteiger charge is -2.24. The van der Waals surface area contributed by atoms with E-state index in [0.717, 1.165) is 30.8 Å². The van der Waals surface area contributed by atoms with Gasteiger partial charge in [-0.15, -0.1) is 0 Å². The zero-order valence-corrected chi connectivity index (χ0v) is 10.3. The van der Waals surface area contributed by atoms with Crippen molar-refractivity contribution in [2.45, 2.75) is 31.8 Å². The molecule has 2 aliphatic carbocycles. The number of carbonyl (C=O) groups is 1. The fraction of sp³-hybridized carbons (Fsp3) is 0.923. The van der Waals surface area contributed by atoms with Gasteiger partial charge in [-0.3, -0.25) is 4.79 Å². The van der Waals surface area contributed by atoms with Crippen LogP contribution < -0.4 is 10.6 Å². The maximum absolute atomic E-state index is 11.9. The molecule has 4 nitrogen and oxygen atoms in total. The lowest BCUT2D eigenvalue weighted by molar-refractivity contribution is -0.134. The molecule has 96 valence electrons. The van der Waals surface area contributed by atoms with E-state index in [1.165, 1.54) is 25.7 Å². The van der Waals surface area contributed by atoms with Gasteiger partial charge in [-0.05, 0) is 43.4 Å². The monoisotopic (exact) mass is 238 g/mol. The lowest BCUT2D eigenvalue weighted by atomic mass is 9.98. The van der Waals surface area contributed by atoms with Crippen LogP contribution in [-0.4, -0.2) is 38.3 Å². The van der Waals surface area contributed by atoms with E-state index in [1.54, 1.807) is 0 Å². The van der Waals surface area contributed by atoms with Gasteiger partial charge in [-0.1, -0.05) is 0 Å². The Hall–Kier alpha value is -0.610. The summed E-state index contributed by atoms with van der Waals surface area (Å²) < 4.78 is 5.45. The summed E-state index contributed by atoms with van der Waals surface area (Å²) in [4.78, 5) is 11.9. The second-order valence-electron chi connectivity index (χ2n) is 5.65. The minimum atomic E-state index is -0.275. The first-order valence-electron chi connectivity index (χ1n) is 6.94. The number of morpholine rings is 1. The van der Waals surface area contributed by atoms with E-state index < -0.39 is 0 Å². The molecule has 0 spiro atoms. The molecule has 0 aromatic rings. The van der Waals surface area contributed by atoms with Gasteiger partial charge in [-0.25, -0.2) is 0 Å². The fourth-order valence-corrected chi connectivity index (χ4v) is 2.83. The Morgan fingerprint density at radius 3 is 2.53 bits per heavy atom. The van der Waals surface area contributed by atoms with Gasteiger partial charge in [0, 0.05) is 19.6 Å². The number of amides is 1. The van der Waals surface area contributed by atoms with Crippen molar-refractivity contribution in [2.24, 2.45) is 17.8 Å². The Morgan fingerprint density at radius 1 is 1.29 bits per heavy atom. The summed E-state index contributed by atoms with van der Waals surface area (Å²) in [6.07, 6.45) is 5.22. The van der Waals surface area contributed by atoms with Gasteiger partial charge in [0.05, 0.1) is 6.61 Å². The van der Waals surface area contributed by atoms with E-state index in [4.69, 9.17) is 4.74 Å². The molecule has 1 unspecified atom stereocenters. The summed E-state index contributed by atoms with van der Waals surface area (Å²) in [7, 11) is 0. The van der Waals surface area contributed by atoms with Crippen LogP contribution in [0.3, 0.4) is 0 Å². The lowest BCUT2D eigenvalue weighted by Crippen LogP contribution is -2.48. The van der Waals surface area contributed by atoms with E-state index in [1.807, 2.05) is 0 Å². The summed E-state index contributed by atoms with van der Waals surface area (Å²) in [5.74, 6) is 2.61. The van der Waals surface area contributed by atoms with Gasteiger partial charge in [-0.2, -0.15) is 0 Å². The molecule has 1 atom stereocenters. The Labute approximate surface area is 102 Å². The molecule has 1 saturated heterocycles. The molecule has 0 bridgehead atoms. The average molecular weight is 238 g/mol. The molecule has 0 aromatic heterocycles. The van der Waals surface area contributed by atoms with E-state index in [-0.39, 0.29) is 12.0 Å². The molecule has 1 heterocycles. The first kappa shape index (κ1) is 11.5. The summed E-state index contributed by atoms with van der Waals surface area (Å²) >= 11 is 0. The highest BCUT2D eigenvalue weighted by Crippen LogP contribution is 2.48. The maximum atomic E-state index is 11.9. The third kappa shape index (κ3) is 2.99. The number of hydrogen-bond acceptors (Lipinski definition) is 3. The molecule has 0 aromatic carbocycles. The number of nitrogens with one attached hydrogen (secondary N) is 2. The third-order valence-corrected chi connectivity index (χ3v) is 4.19. The van der Waals surface area contributed by atoms with Crippen LogP contribution in [0, 0.1) is 17.8 Å². The maximum Gasteiger partial charge on any atom is 0.250 e. The van der Waals surface area contributed by atoms with Crippen molar-refractivity contribution in [1.82, 2.24) is 10.6 Å². The SMILES string of the molecule is O=C(NCC(C1CC1)C1CC1)C1CNCCO1. The van der Waals surface area contributed by atoms with Crippen LogP contribution in [-0.2, 0) is 9.53 Å². The second-order valence-corrected chi connectivity index (χ2v) is 5.65. The zero-order valence-electron chi connectivity index (χ0n) is 10.3. The summed E-state index contributed by atoms with van der Waals surface area (Å²) in [6.45, 7) is 3.03. The molecule has 4 heteroatoms. The predicted molar refractivity (Wildman–Crippen MR) is 64.6 cm³/mol. The molecule has 2 saturated carbocycles. The van der Waals surface area contributed by atoms with E-state index in [0.29, 0.717) is 13.2 Å². The molecule has 0 radical (unpaired) electrons. The van der Waals surface area contributed by atoms with Crippen molar-refractivity contribution in [3.63, 3.8) is 0 Å². The molecular weight excluding hydrogens is 216 g/mol. The van der Waals surface area contributed by atoms with E-state index in [9.17, 15) is 4.79 Å². The van der Waals surface area contributed by atoms with E-state index >= 15 is 0 Å². The third-order valence-electron chi connectivity index (χ3n) is 4.19. The molecule has 3 fully saturated rings. The molecule has 3 rings (SSSR count). The van der Waals surface area contributed by atoms with Gasteiger partial charge < -0.3 is 15.4 Å². The Morgan fingerprint density at radius 2 is 2.00 bits per heavy atom. The molecular formula is C13H22N2O2. The Bertz CT molecular complexity index is 269. The van der Waals surface area contributed by atoms with E-state index in [2.05, 4.69) is 10.6 Å². The number of carbonyl (C=O) groups excluding carboxylic acids is 1. The van der Waals surface area contributed by atoms with Gasteiger partial charge in [0.1, 0.15) is 6.10 Å². The highest BCUT2D eigenvalue weighted by Gasteiger charge is 2.41. The molecule has 1 aliphatic heterocycles. The van der Waals surface area contributed by atoms with Gasteiger partial charge in [0.25, 0.3) is 0 Å². The van der Waals surface area contributed by atoms with Crippen molar-refractivity contribution in [3.8, 4) is 0 Å². The van der Waals surface area contributed by atoms with Crippen LogP contribution in [0.15, 0.2) is 0 Å². The second kappa shape index (κ2) is 4.94. The zero-order chi connectivity index (χ0) is 11.7. The van der Waals surface area contributed by atoms with Crippen molar-refractivity contribution in [2.75, 3.05) is 26.2 Å². The summed E-state index contributed by atoms with van der Waals surface area (Å²) in [6, 6.07) is 0. The van der Waals surface area contributed by atoms with Crippen LogP contribution in [0.2, 0.25) is 0 Å². The molecule has 1 amide bonds. The van der Waals surface area contributed by atoms with Gasteiger partial charge >= 0.3 is 0 Å². The van der Waals surface area contributed by atoms with Crippen LogP contribution in [0.4, 0.5) is 0 Å². The van der Waals surface area contributed by atoms with Gasteiger partial charge in [0.15, 0.2) is 0 Å².